The summed E-state index contributed by atoms with van der Waals surface area (Å²) >= 11 is 0. The zero-order valence-corrected chi connectivity index (χ0v) is 14.8. The standard InChI is InChI=1S/C16H22N2O5S/c1-4-14(19)18-8-7-11-9-12(5-6-13(11)18)24(22,23)17-15(10(2)3)16(20)21/h5-6,9-10,15,17H,4,7-8H2,1-3H3,(H,20,21)/t15-/m1/s1. The van der Waals surface area contributed by atoms with Crippen LogP contribution in [-0.2, 0) is 26.0 Å². The van der Waals surface area contributed by atoms with Crippen molar-refractivity contribution < 1.29 is 23.1 Å². The molecule has 0 saturated carbocycles. The van der Waals surface area contributed by atoms with Gasteiger partial charge in [0.05, 0.1) is 4.90 Å². The van der Waals surface area contributed by atoms with Crippen LogP contribution in [0.3, 0.4) is 0 Å². The Morgan fingerprint density at radius 3 is 2.54 bits per heavy atom. The molecule has 1 aromatic carbocycles. The first-order chi connectivity index (χ1) is 11.2. The van der Waals surface area contributed by atoms with Crippen LogP contribution in [0, 0.1) is 5.92 Å². The number of anilines is 1. The lowest BCUT2D eigenvalue weighted by atomic mass is 10.1. The molecule has 1 amide bonds. The van der Waals surface area contributed by atoms with E-state index in [2.05, 4.69) is 4.72 Å². The molecule has 1 aliphatic heterocycles. The quantitative estimate of drug-likeness (QED) is 0.803. The molecule has 0 unspecified atom stereocenters. The number of rotatable bonds is 6. The number of nitrogens with zero attached hydrogens (tertiary/aromatic N) is 1. The molecule has 132 valence electrons. The van der Waals surface area contributed by atoms with Gasteiger partial charge in [0.25, 0.3) is 0 Å². The van der Waals surface area contributed by atoms with Crippen molar-refractivity contribution in [2.45, 2.75) is 44.6 Å². The van der Waals surface area contributed by atoms with Gasteiger partial charge in [0.2, 0.25) is 15.9 Å². The van der Waals surface area contributed by atoms with Gasteiger partial charge >= 0.3 is 5.97 Å². The lowest BCUT2D eigenvalue weighted by molar-refractivity contribution is -0.140. The van der Waals surface area contributed by atoms with Crippen molar-refractivity contribution in [2.24, 2.45) is 5.92 Å². The summed E-state index contributed by atoms with van der Waals surface area (Å²) in [6.07, 6.45) is 0.965. The molecule has 24 heavy (non-hydrogen) atoms. The summed E-state index contributed by atoms with van der Waals surface area (Å²) < 4.78 is 27.2. The summed E-state index contributed by atoms with van der Waals surface area (Å²) in [5.74, 6) is -1.60. The molecule has 2 rings (SSSR count). The summed E-state index contributed by atoms with van der Waals surface area (Å²) in [5, 5.41) is 9.16. The highest BCUT2D eigenvalue weighted by atomic mass is 32.2. The van der Waals surface area contributed by atoms with E-state index in [9.17, 15) is 18.0 Å². The van der Waals surface area contributed by atoms with E-state index in [1.54, 1.807) is 31.7 Å². The van der Waals surface area contributed by atoms with E-state index >= 15 is 0 Å². The van der Waals surface area contributed by atoms with Crippen molar-refractivity contribution >= 4 is 27.6 Å². The van der Waals surface area contributed by atoms with Crippen molar-refractivity contribution in [3.05, 3.63) is 23.8 Å². The predicted octanol–water partition coefficient (Wildman–Crippen LogP) is 1.37. The van der Waals surface area contributed by atoms with Gasteiger partial charge in [-0.15, -0.1) is 0 Å². The van der Waals surface area contributed by atoms with Crippen molar-refractivity contribution in [3.8, 4) is 0 Å². The molecule has 7 nitrogen and oxygen atoms in total. The molecule has 1 aromatic rings. The van der Waals surface area contributed by atoms with Crippen molar-refractivity contribution in [1.29, 1.82) is 0 Å². The van der Waals surface area contributed by atoms with Gasteiger partial charge in [0.1, 0.15) is 6.04 Å². The van der Waals surface area contributed by atoms with Gasteiger partial charge in [-0.3, -0.25) is 9.59 Å². The van der Waals surface area contributed by atoms with Crippen molar-refractivity contribution in [3.63, 3.8) is 0 Å². The van der Waals surface area contributed by atoms with Crippen LogP contribution in [0.25, 0.3) is 0 Å². The van der Waals surface area contributed by atoms with Crippen molar-refractivity contribution in [2.75, 3.05) is 11.4 Å². The zero-order valence-electron chi connectivity index (χ0n) is 13.9. The maximum absolute atomic E-state index is 12.5. The number of carbonyl (C=O) groups is 2. The first-order valence-corrected chi connectivity index (χ1v) is 9.34. The fraction of sp³-hybridized carbons (Fsp3) is 0.500. The van der Waals surface area contributed by atoms with Gasteiger partial charge in [-0.1, -0.05) is 20.8 Å². The molecule has 1 heterocycles. The molecule has 0 bridgehead atoms. The number of benzene rings is 1. The molecule has 0 spiro atoms. The monoisotopic (exact) mass is 354 g/mol. The Hall–Kier alpha value is -1.93. The fourth-order valence-corrected chi connectivity index (χ4v) is 4.09. The van der Waals surface area contributed by atoms with Gasteiger partial charge in [-0.05, 0) is 36.1 Å². The van der Waals surface area contributed by atoms with Gasteiger partial charge in [0, 0.05) is 18.7 Å². The molecule has 1 atom stereocenters. The summed E-state index contributed by atoms with van der Waals surface area (Å²) in [4.78, 5) is 24.8. The molecule has 1 aliphatic rings. The Morgan fingerprint density at radius 1 is 1.33 bits per heavy atom. The number of amides is 1. The zero-order chi connectivity index (χ0) is 18.1. The first-order valence-electron chi connectivity index (χ1n) is 7.85. The lowest BCUT2D eigenvalue weighted by Crippen LogP contribution is -2.44. The van der Waals surface area contributed by atoms with E-state index in [1.807, 2.05) is 0 Å². The molecule has 0 aromatic heterocycles. The molecule has 8 heteroatoms. The van der Waals surface area contributed by atoms with Crippen LogP contribution >= 0.6 is 0 Å². The highest BCUT2D eigenvalue weighted by Crippen LogP contribution is 2.30. The second kappa shape index (κ2) is 6.90. The van der Waals surface area contributed by atoms with Crippen LogP contribution in [0.1, 0.15) is 32.8 Å². The molecular formula is C16H22N2O5S. The van der Waals surface area contributed by atoms with E-state index in [1.165, 1.54) is 12.1 Å². The molecule has 0 saturated heterocycles. The van der Waals surface area contributed by atoms with Gasteiger partial charge in [0.15, 0.2) is 0 Å². The van der Waals surface area contributed by atoms with Crippen LogP contribution in [0.2, 0.25) is 0 Å². The highest BCUT2D eigenvalue weighted by Gasteiger charge is 2.30. The van der Waals surface area contributed by atoms with E-state index in [0.717, 1.165) is 11.3 Å². The minimum absolute atomic E-state index is 0.00627. The predicted molar refractivity (Wildman–Crippen MR) is 89.4 cm³/mol. The Balaban J connectivity index is 2.30. The minimum Gasteiger partial charge on any atom is -0.480 e. The number of carboxylic acids is 1. The molecular weight excluding hydrogens is 332 g/mol. The number of hydrogen-bond donors (Lipinski definition) is 2. The van der Waals surface area contributed by atoms with E-state index in [0.29, 0.717) is 19.4 Å². The number of nitrogens with one attached hydrogen (secondary N) is 1. The van der Waals surface area contributed by atoms with E-state index < -0.39 is 22.0 Å². The maximum Gasteiger partial charge on any atom is 0.322 e. The van der Waals surface area contributed by atoms with Crippen LogP contribution in [0.4, 0.5) is 5.69 Å². The highest BCUT2D eigenvalue weighted by molar-refractivity contribution is 7.89. The van der Waals surface area contributed by atoms with Gasteiger partial charge in [-0.25, -0.2) is 8.42 Å². The Bertz CT molecular complexity index is 758. The number of hydrogen-bond acceptors (Lipinski definition) is 4. The van der Waals surface area contributed by atoms with Crippen LogP contribution in [-0.4, -0.2) is 38.0 Å². The normalized spacial score (nSPS) is 15.4. The molecule has 0 radical (unpaired) electrons. The van der Waals surface area contributed by atoms with E-state index in [4.69, 9.17) is 5.11 Å². The molecule has 2 N–H and O–H groups in total. The first kappa shape index (κ1) is 18.4. The fourth-order valence-electron chi connectivity index (χ4n) is 2.70. The largest absolute Gasteiger partial charge is 0.480 e. The number of fused-ring (bicyclic) bond motifs is 1. The smallest absolute Gasteiger partial charge is 0.322 e. The third-order valence-electron chi connectivity index (χ3n) is 4.08. The Kier molecular flexibility index (Phi) is 5.29. The van der Waals surface area contributed by atoms with E-state index in [-0.39, 0.29) is 16.7 Å². The molecule has 0 fully saturated rings. The van der Waals surface area contributed by atoms with Crippen molar-refractivity contribution in [1.82, 2.24) is 4.72 Å². The van der Waals surface area contributed by atoms with Crippen LogP contribution < -0.4 is 9.62 Å². The summed E-state index contributed by atoms with van der Waals surface area (Å²) in [6, 6.07) is 3.33. The number of sulfonamides is 1. The topological polar surface area (TPSA) is 104 Å². The second-order valence-corrected chi connectivity index (χ2v) is 7.83. The maximum atomic E-state index is 12.5. The Labute approximate surface area is 141 Å². The lowest BCUT2D eigenvalue weighted by Gasteiger charge is -2.19. The van der Waals surface area contributed by atoms with Gasteiger partial charge < -0.3 is 10.0 Å². The minimum atomic E-state index is -3.95. The van der Waals surface area contributed by atoms with Gasteiger partial charge in [-0.2, -0.15) is 4.72 Å². The summed E-state index contributed by atoms with van der Waals surface area (Å²) in [5.41, 5.74) is 1.50. The summed E-state index contributed by atoms with van der Waals surface area (Å²) in [6.45, 7) is 5.58. The third-order valence-corrected chi connectivity index (χ3v) is 5.51. The Morgan fingerprint density at radius 2 is 2.00 bits per heavy atom. The van der Waals surface area contributed by atoms with Crippen LogP contribution in [0.5, 0.6) is 0 Å². The third kappa shape index (κ3) is 3.59. The number of carbonyl (C=O) groups excluding carboxylic acids is 1. The average Bonchev–Trinajstić information content (AvgIpc) is 2.94. The second-order valence-electron chi connectivity index (χ2n) is 6.12. The van der Waals surface area contributed by atoms with Crippen LogP contribution in [0.15, 0.2) is 23.1 Å². The SMILES string of the molecule is CCC(=O)N1CCc2cc(S(=O)(=O)N[C@@H](C(=O)O)C(C)C)ccc21. The average molecular weight is 354 g/mol. The summed E-state index contributed by atoms with van der Waals surface area (Å²) in [7, 11) is -3.95. The number of aliphatic carboxylic acids is 1. The molecule has 0 aliphatic carbocycles. The number of carboxylic acid groups (broad SMARTS) is 1.